The van der Waals surface area contributed by atoms with Crippen molar-refractivity contribution < 1.29 is 25.3 Å². The molecule has 8 nitrogen and oxygen atoms in total. The van der Waals surface area contributed by atoms with E-state index in [9.17, 15) is 25.3 Å². The van der Waals surface area contributed by atoms with Gasteiger partial charge in [0.15, 0.2) is 19.7 Å². The van der Waals surface area contributed by atoms with Gasteiger partial charge in [0.05, 0.1) is 40.0 Å². The molecule has 0 aliphatic carbocycles. The van der Waals surface area contributed by atoms with Crippen LogP contribution in [0.25, 0.3) is 0 Å². The fraction of sp³-hybridized carbons (Fsp3) is 0.600. The first-order valence-corrected chi connectivity index (χ1v) is 13.8. The lowest BCUT2D eigenvalue weighted by atomic mass is 10.0. The lowest BCUT2D eigenvalue weighted by molar-refractivity contribution is 0.160. The first kappa shape index (κ1) is 19.6. The zero-order valence-electron chi connectivity index (χ0n) is 14.4. The summed E-state index contributed by atoms with van der Waals surface area (Å²) in [7, 11) is -11.0. The number of benzene rings is 1. The zero-order valence-corrected chi connectivity index (χ0v) is 17.6. The van der Waals surface area contributed by atoms with Gasteiger partial charge in [-0.3, -0.25) is 0 Å². The maximum atomic E-state index is 13.5. The van der Waals surface area contributed by atoms with Crippen LogP contribution in [0.5, 0.6) is 0 Å². The molecule has 1 aromatic rings. The minimum Gasteiger partial charge on any atom is -0.306 e. The number of halogens is 1. The van der Waals surface area contributed by atoms with Gasteiger partial charge >= 0.3 is 0 Å². The molecule has 3 heterocycles. The van der Waals surface area contributed by atoms with E-state index in [-0.39, 0.29) is 32.9 Å². The number of fused-ring (bicyclic) bond motifs is 2. The Morgan fingerprint density at radius 3 is 2.04 bits per heavy atom. The number of sulfone groups is 2. The highest BCUT2D eigenvalue weighted by Crippen LogP contribution is 2.37. The van der Waals surface area contributed by atoms with Crippen molar-refractivity contribution in [1.29, 1.82) is 0 Å². The third-order valence-electron chi connectivity index (χ3n) is 5.43. The number of aryl methyl sites for hydroxylation is 1. The first-order valence-electron chi connectivity index (χ1n) is 8.36. The monoisotopic (exact) mass is 454 g/mol. The second kappa shape index (κ2) is 6.14. The van der Waals surface area contributed by atoms with E-state index >= 15 is 0 Å². The smallest absolute Gasteiger partial charge is 0.244 e. The highest BCUT2D eigenvalue weighted by molar-refractivity contribution is 7.92. The lowest BCUT2D eigenvalue weighted by Crippen LogP contribution is -2.67. The third-order valence-corrected chi connectivity index (χ3v) is 11.2. The van der Waals surface area contributed by atoms with Crippen LogP contribution in [0.1, 0.15) is 5.56 Å². The summed E-state index contributed by atoms with van der Waals surface area (Å²) in [4.78, 5) is -0.0250. The van der Waals surface area contributed by atoms with E-state index < -0.39 is 53.9 Å². The van der Waals surface area contributed by atoms with Gasteiger partial charge in [-0.1, -0.05) is 17.7 Å². The molecule has 0 radical (unpaired) electrons. The first-order chi connectivity index (χ1) is 12.4. The summed E-state index contributed by atoms with van der Waals surface area (Å²) in [6.45, 7) is 1.62. The van der Waals surface area contributed by atoms with Crippen LogP contribution in [0.3, 0.4) is 0 Å². The van der Waals surface area contributed by atoms with Crippen LogP contribution in [-0.4, -0.2) is 76.7 Å². The Morgan fingerprint density at radius 2 is 1.52 bits per heavy atom. The van der Waals surface area contributed by atoms with Gasteiger partial charge in [0.1, 0.15) is 0 Å². The number of rotatable bonds is 2. The number of nitrogens with one attached hydrogen (secondary N) is 1. The summed E-state index contributed by atoms with van der Waals surface area (Å²) in [5.41, 5.74) is 0.466. The molecular weight excluding hydrogens is 436 g/mol. The average molecular weight is 455 g/mol. The Bertz CT molecular complexity index is 1070. The highest BCUT2D eigenvalue weighted by Gasteiger charge is 2.57. The summed E-state index contributed by atoms with van der Waals surface area (Å²) in [6.07, 6.45) is 0. The van der Waals surface area contributed by atoms with Crippen molar-refractivity contribution >= 4 is 41.3 Å². The number of sulfonamides is 1. The molecule has 1 aromatic carbocycles. The SMILES string of the molecule is Cc1ccc(Cl)cc1S(=O)(=O)N1[C@@H]2CS(=O)(=O)C[C@@H]2N[C@@H]2CS(=O)(=O)C[C@@H]21. The van der Waals surface area contributed by atoms with E-state index in [1.54, 1.807) is 19.1 Å². The van der Waals surface area contributed by atoms with Crippen molar-refractivity contribution in [2.45, 2.75) is 36.0 Å². The second-order valence-corrected chi connectivity index (χ2v) is 14.0. The number of nitrogens with zero attached hydrogens (tertiary/aromatic N) is 1. The Hall–Kier alpha value is -0.720. The van der Waals surface area contributed by atoms with Gasteiger partial charge in [-0.25, -0.2) is 25.3 Å². The van der Waals surface area contributed by atoms with Crippen molar-refractivity contribution in [1.82, 2.24) is 9.62 Å². The predicted octanol–water partition coefficient (Wildman–Crippen LogP) is -0.426. The van der Waals surface area contributed by atoms with Crippen LogP contribution < -0.4 is 5.32 Å². The van der Waals surface area contributed by atoms with Crippen LogP contribution in [-0.2, 0) is 29.7 Å². The molecule has 1 N–H and O–H groups in total. The zero-order chi connectivity index (χ0) is 19.8. The Labute approximate surface area is 163 Å². The normalized spacial score (nSPS) is 34.9. The van der Waals surface area contributed by atoms with E-state index in [0.29, 0.717) is 5.56 Å². The molecule has 4 rings (SSSR count). The topological polar surface area (TPSA) is 118 Å². The number of hydrogen-bond donors (Lipinski definition) is 1. The van der Waals surface area contributed by atoms with Crippen molar-refractivity contribution in [3.05, 3.63) is 28.8 Å². The van der Waals surface area contributed by atoms with Crippen molar-refractivity contribution in [2.75, 3.05) is 23.0 Å². The Morgan fingerprint density at radius 1 is 1.00 bits per heavy atom. The van der Waals surface area contributed by atoms with E-state index in [1.807, 2.05) is 0 Å². The van der Waals surface area contributed by atoms with Gasteiger partial charge in [-0.05, 0) is 24.6 Å². The second-order valence-electron chi connectivity index (χ2n) is 7.41. The van der Waals surface area contributed by atoms with Crippen molar-refractivity contribution in [2.24, 2.45) is 0 Å². The average Bonchev–Trinajstić information content (AvgIpc) is 2.98. The van der Waals surface area contributed by atoms with Gasteiger partial charge in [0.2, 0.25) is 10.0 Å². The molecule has 27 heavy (non-hydrogen) atoms. The summed E-state index contributed by atoms with van der Waals surface area (Å²) in [5.74, 6) is -1.07. The van der Waals surface area contributed by atoms with Crippen LogP contribution in [0.2, 0.25) is 5.02 Å². The molecule has 3 fully saturated rings. The van der Waals surface area contributed by atoms with Crippen molar-refractivity contribution in [3.63, 3.8) is 0 Å². The van der Waals surface area contributed by atoms with Gasteiger partial charge in [0.25, 0.3) is 0 Å². The fourth-order valence-electron chi connectivity index (χ4n) is 4.32. The summed E-state index contributed by atoms with van der Waals surface area (Å²) < 4.78 is 76.9. The molecule has 150 valence electrons. The summed E-state index contributed by atoms with van der Waals surface area (Å²) >= 11 is 5.99. The molecule has 0 spiro atoms. The Kier molecular flexibility index (Phi) is 4.45. The van der Waals surface area contributed by atoms with E-state index in [1.165, 1.54) is 6.07 Å². The molecule has 3 saturated heterocycles. The largest absolute Gasteiger partial charge is 0.306 e. The molecule has 0 aromatic heterocycles. The van der Waals surface area contributed by atoms with Crippen LogP contribution in [0, 0.1) is 6.92 Å². The number of hydrogen-bond acceptors (Lipinski definition) is 7. The maximum Gasteiger partial charge on any atom is 0.244 e. The minimum atomic E-state index is -4.14. The quantitative estimate of drug-likeness (QED) is 0.644. The number of piperazine rings is 1. The Balaban J connectivity index is 1.87. The van der Waals surface area contributed by atoms with Crippen LogP contribution in [0.4, 0.5) is 0 Å². The van der Waals surface area contributed by atoms with Gasteiger partial charge < -0.3 is 5.32 Å². The van der Waals surface area contributed by atoms with Gasteiger partial charge in [0, 0.05) is 17.1 Å². The lowest BCUT2D eigenvalue weighted by Gasteiger charge is -2.44. The van der Waals surface area contributed by atoms with Gasteiger partial charge in [-0.2, -0.15) is 4.31 Å². The highest BCUT2D eigenvalue weighted by atomic mass is 35.5. The summed E-state index contributed by atoms with van der Waals surface area (Å²) in [6, 6.07) is 1.53. The van der Waals surface area contributed by atoms with Crippen molar-refractivity contribution in [3.8, 4) is 0 Å². The predicted molar refractivity (Wildman–Crippen MR) is 101 cm³/mol. The molecule has 3 aliphatic rings. The van der Waals surface area contributed by atoms with Crippen LogP contribution >= 0.6 is 11.6 Å². The molecule has 12 heteroatoms. The maximum absolute atomic E-state index is 13.5. The molecule has 0 unspecified atom stereocenters. The standard InChI is InChI=1S/C15H19ClN2O6S3/c1-9-2-3-10(16)4-15(9)27(23,24)18-13-7-25(19,20)5-11(13)17-12-6-26(21,22)8-14(12)18/h2-4,11-14,17H,5-8H2,1H3/t11-,12+,13+,14-. The summed E-state index contributed by atoms with van der Waals surface area (Å²) in [5, 5.41) is 3.31. The fourth-order valence-corrected chi connectivity index (χ4v) is 10.7. The van der Waals surface area contributed by atoms with E-state index in [2.05, 4.69) is 5.32 Å². The minimum absolute atomic E-state index is 0.0250. The van der Waals surface area contributed by atoms with Crippen LogP contribution in [0.15, 0.2) is 23.1 Å². The third kappa shape index (κ3) is 3.32. The molecule has 0 amide bonds. The van der Waals surface area contributed by atoms with E-state index in [4.69, 9.17) is 11.6 Å². The molecule has 3 aliphatic heterocycles. The molecule has 4 atom stereocenters. The molecular formula is C15H19ClN2O6S3. The molecule has 0 saturated carbocycles. The molecule has 0 bridgehead atoms. The van der Waals surface area contributed by atoms with Gasteiger partial charge in [-0.15, -0.1) is 0 Å². The van der Waals surface area contributed by atoms with E-state index in [0.717, 1.165) is 4.31 Å².